The van der Waals surface area contributed by atoms with Crippen molar-refractivity contribution in [3.63, 3.8) is 0 Å². The van der Waals surface area contributed by atoms with Gasteiger partial charge in [-0.2, -0.15) is 0 Å². The van der Waals surface area contributed by atoms with Crippen molar-refractivity contribution in [2.45, 2.75) is 0 Å². The number of nitrogens with one attached hydrogen (secondary N) is 1. The molecule has 262 valence electrons. The van der Waals surface area contributed by atoms with Crippen LogP contribution >= 0.6 is 0 Å². The maximum Gasteiger partial charge on any atom is 0.170 e. The highest BCUT2D eigenvalue weighted by molar-refractivity contribution is 6.22. The summed E-state index contributed by atoms with van der Waals surface area (Å²) in [7, 11) is 0. The lowest BCUT2D eigenvalue weighted by atomic mass is 9.84. The number of H-pyrrole nitrogens is 1. The topological polar surface area (TPSA) is 46.5 Å². The quantitative estimate of drug-likeness (QED) is 0.174. The summed E-state index contributed by atoms with van der Waals surface area (Å²) in [5.74, 6) is 2.45. The smallest absolute Gasteiger partial charge is 0.170 e. The highest BCUT2D eigenvalue weighted by atomic mass is 15.3. The van der Waals surface area contributed by atoms with Crippen molar-refractivity contribution in [1.29, 1.82) is 0 Å². The molecular formula is C52H34N4. The van der Waals surface area contributed by atoms with Gasteiger partial charge in [0.2, 0.25) is 0 Å². The van der Waals surface area contributed by atoms with Crippen LogP contribution in [0.1, 0.15) is 0 Å². The van der Waals surface area contributed by atoms with Crippen molar-refractivity contribution in [1.82, 2.24) is 19.7 Å². The van der Waals surface area contributed by atoms with E-state index in [1.165, 1.54) is 65.3 Å². The number of hydrogen-bond donors (Lipinski definition) is 1. The van der Waals surface area contributed by atoms with E-state index >= 15 is 0 Å². The van der Waals surface area contributed by atoms with Gasteiger partial charge < -0.3 is 4.98 Å². The van der Waals surface area contributed by atoms with E-state index in [0.29, 0.717) is 0 Å². The van der Waals surface area contributed by atoms with Gasteiger partial charge in [-0.25, -0.2) is 0 Å². The normalized spacial score (nSPS) is 11.6. The van der Waals surface area contributed by atoms with Gasteiger partial charge in [0.15, 0.2) is 11.6 Å². The second-order valence-corrected chi connectivity index (χ2v) is 14.4. The summed E-state index contributed by atoms with van der Waals surface area (Å²) in [5.41, 5.74) is 8.99. The minimum Gasteiger partial charge on any atom is -0.341 e. The van der Waals surface area contributed by atoms with Crippen LogP contribution in [0.5, 0.6) is 0 Å². The van der Waals surface area contributed by atoms with E-state index in [4.69, 9.17) is 10.2 Å². The minimum atomic E-state index is 0.779. The molecule has 0 bridgehead atoms. The number of nitrogens with zero attached hydrogens (tertiary/aromatic N) is 3. The predicted molar refractivity (Wildman–Crippen MR) is 233 cm³/mol. The van der Waals surface area contributed by atoms with Gasteiger partial charge >= 0.3 is 0 Å². The zero-order chi connectivity index (χ0) is 37.0. The number of aromatic nitrogens is 4. The summed E-state index contributed by atoms with van der Waals surface area (Å²) < 4.78 is 2.13. The number of aromatic amines is 1. The van der Waals surface area contributed by atoms with Crippen LogP contribution in [0.2, 0.25) is 0 Å². The third-order valence-corrected chi connectivity index (χ3v) is 11.0. The van der Waals surface area contributed by atoms with Crippen LogP contribution in [0, 0.1) is 0 Å². The molecule has 0 amide bonds. The van der Waals surface area contributed by atoms with Crippen LogP contribution in [0.3, 0.4) is 0 Å². The first kappa shape index (κ1) is 31.9. The van der Waals surface area contributed by atoms with E-state index in [0.717, 1.165) is 39.9 Å². The molecule has 0 fully saturated rings. The fourth-order valence-corrected chi connectivity index (χ4v) is 8.40. The molecule has 0 saturated carbocycles. The average molecular weight is 715 g/mol. The lowest BCUT2D eigenvalue weighted by molar-refractivity contribution is 1.03. The highest BCUT2D eigenvalue weighted by Gasteiger charge is 2.21. The van der Waals surface area contributed by atoms with Crippen molar-refractivity contribution in [3.05, 3.63) is 200 Å². The first-order valence-corrected chi connectivity index (χ1v) is 19.0. The summed E-state index contributed by atoms with van der Waals surface area (Å²) in [4.78, 5) is 3.79. The van der Waals surface area contributed by atoms with Gasteiger partial charge in [-0.05, 0) is 101 Å². The van der Waals surface area contributed by atoms with Crippen molar-refractivity contribution in [2.75, 3.05) is 0 Å². The fourth-order valence-electron chi connectivity index (χ4n) is 8.40. The molecule has 0 spiro atoms. The molecule has 0 saturated heterocycles. The van der Waals surface area contributed by atoms with Gasteiger partial charge in [-0.3, -0.25) is 4.57 Å². The van der Waals surface area contributed by atoms with Crippen LogP contribution in [0.25, 0.3) is 105 Å². The maximum atomic E-state index is 4.71. The van der Waals surface area contributed by atoms with Gasteiger partial charge in [0.25, 0.3) is 0 Å². The van der Waals surface area contributed by atoms with Crippen LogP contribution < -0.4 is 0 Å². The molecular weight excluding hydrogens is 681 g/mol. The van der Waals surface area contributed by atoms with Gasteiger partial charge in [0, 0.05) is 16.8 Å². The second-order valence-electron chi connectivity index (χ2n) is 14.4. The molecule has 11 aromatic rings. The number of hydrogen-bond acceptors (Lipinski definition) is 2. The van der Waals surface area contributed by atoms with Crippen molar-refractivity contribution in [3.8, 4) is 62.1 Å². The molecule has 0 atom stereocenters. The first-order valence-electron chi connectivity index (χ1n) is 19.0. The van der Waals surface area contributed by atoms with E-state index in [-0.39, 0.29) is 0 Å². The monoisotopic (exact) mass is 714 g/mol. The molecule has 0 aliphatic rings. The maximum absolute atomic E-state index is 4.71. The summed E-state index contributed by atoms with van der Waals surface area (Å²) in [5, 5.41) is 19.2. The molecule has 0 aliphatic carbocycles. The summed E-state index contributed by atoms with van der Waals surface area (Å²) in [6, 6.07) is 71.6. The number of rotatable bonds is 6. The molecule has 0 radical (unpaired) electrons. The molecule has 4 heteroatoms. The molecule has 1 N–H and O–H groups in total. The van der Waals surface area contributed by atoms with E-state index in [2.05, 4.69) is 173 Å². The standard InChI is InChI=1S/C52H34N4/c1-3-15-36(16-4-1)51-54-55-52(37-17-5-2-6-18-37)56(51)48-30-29-47(53-48)40-27-28-45-46(33-40)50(42-26-24-35-14-8-10-20-39(35)32-42)44-22-12-11-21-43(44)49(45)41-25-23-34-13-7-9-19-38(34)31-41/h1-33,53H. The van der Waals surface area contributed by atoms with Crippen molar-refractivity contribution < 1.29 is 0 Å². The summed E-state index contributed by atoms with van der Waals surface area (Å²) >= 11 is 0. The molecule has 2 aromatic heterocycles. The lowest BCUT2D eigenvalue weighted by Gasteiger charge is -2.19. The van der Waals surface area contributed by atoms with Crippen LogP contribution in [-0.4, -0.2) is 19.7 Å². The van der Waals surface area contributed by atoms with Crippen LogP contribution in [-0.2, 0) is 0 Å². The Balaban J connectivity index is 1.15. The third kappa shape index (κ3) is 5.31. The van der Waals surface area contributed by atoms with Crippen LogP contribution in [0.4, 0.5) is 0 Å². The third-order valence-electron chi connectivity index (χ3n) is 11.0. The van der Waals surface area contributed by atoms with Gasteiger partial charge in [-0.15, -0.1) is 10.2 Å². The van der Waals surface area contributed by atoms with Gasteiger partial charge in [0.1, 0.15) is 5.82 Å². The SMILES string of the molecule is c1ccc(-c2nnc(-c3ccccc3)n2-c2ccc(-c3ccc4c(-c5ccc6ccccc6c5)c5ccccc5c(-c5ccc6ccccc6c5)c4c3)[nH]2)cc1. The fraction of sp³-hybridized carbons (Fsp3) is 0. The van der Waals surface area contributed by atoms with Gasteiger partial charge in [-0.1, -0.05) is 170 Å². The molecule has 9 aromatic carbocycles. The Bertz CT molecular complexity index is 3190. The van der Waals surface area contributed by atoms with E-state index in [1.54, 1.807) is 0 Å². The minimum absolute atomic E-state index is 0.779. The predicted octanol–water partition coefficient (Wildman–Crippen LogP) is 13.5. The molecule has 4 nitrogen and oxygen atoms in total. The molecule has 2 heterocycles. The number of fused-ring (bicyclic) bond motifs is 4. The zero-order valence-corrected chi connectivity index (χ0v) is 30.4. The summed E-state index contributed by atoms with van der Waals surface area (Å²) in [6.07, 6.45) is 0. The van der Waals surface area contributed by atoms with Crippen molar-refractivity contribution in [2.24, 2.45) is 0 Å². The molecule has 11 rings (SSSR count). The molecule has 56 heavy (non-hydrogen) atoms. The number of benzene rings is 9. The summed E-state index contributed by atoms with van der Waals surface area (Å²) in [6.45, 7) is 0. The molecule has 0 aliphatic heterocycles. The second kappa shape index (κ2) is 13.1. The van der Waals surface area contributed by atoms with E-state index in [1.807, 2.05) is 36.4 Å². The van der Waals surface area contributed by atoms with Gasteiger partial charge in [0.05, 0.1) is 0 Å². The Morgan fingerprint density at radius 2 is 0.786 bits per heavy atom. The van der Waals surface area contributed by atoms with E-state index < -0.39 is 0 Å². The average Bonchev–Trinajstić information content (AvgIpc) is 3.94. The van der Waals surface area contributed by atoms with E-state index in [9.17, 15) is 0 Å². The Morgan fingerprint density at radius 3 is 1.36 bits per heavy atom. The molecule has 0 unspecified atom stereocenters. The van der Waals surface area contributed by atoms with Crippen LogP contribution in [0.15, 0.2) is 200 Å². The van der Waals surface area contributed by atoms with Crippen molar-refractivity contribution >= 4 is 43.1 Å². The zero-order valence-electron chi connectivity index (χ0n) is 30.4. The largest absolute Gasteiger partial charge is 0.341 e. The Kier molecular flexibility index (Phi) is 7.46. The first-order chi connectivity index (χ1) is 27.8. The lowest BCUT2D eigenvalue weighted by Crippen LogP contribution is -2.01. The Labute approximate surface area is 324 Å². The highest BCUT2D eigenvalue weighted by Crippen LogP contribution is 2.46. The Hall–Kier alpha value is -7.56. The Morgan fingerprint density at radius 1 is 0.321 bits per heavy atom.